The van der Waals surface area contributed by atoms with Crippen LogP contribution in [-0.2, 0) is 0 Å². The van der Waals surface area contributed by atoms with Gasteiger partial charge in [-0.15, -0.1) is 0 Å². The van der Waals surface area contributed by atoms with Gasteiger partial charge in [0.05, 0.1) is 22.3 Å². The van der Waals surface area contributed by atoms with Crippen LogP contribution in [0.5, 0.6) is 0 Å². The van der Waals surface area contributed by atoms with Crippen molar-refractivity contribution in [3.05, 3.63) is 120 Å². The van der Waals surface area contributed by atoms with Crippen LogP contribution in [0.4, 0.5) is 0 Å². The van der Waals surface area contributed by atoms with Gasteiger partial charge in [0.15, 0.2) is 0 Å². The first-order valence-electron chi connectivity index (χ1n) is 17.1. The van der Waals surface area contributed by atoms with E-state index < -0.39 is 0 Å². The summed E-state index contributed by atoms with van der Waals surface area (Å²) in [6.45, 7) is 9.22. The highest BCUT2D eigenvalue weighted by molar-refractivity contribution is 6.09. The maximum atomic E-state index is 6.84. The van der Waals surface area contributed by atoms with Crippen LogP contribution in [0.25, 0.3) is 61.2 Å². The highest BCUT2D eigenvalue weighted by Crippen LogP contribution is 2.43. The predicted octanol–water partition coefficient (Wildman–Crippen LogP) is 12.6. The molecule has 0 saturated heterocycles. The third-order valence-corrected chi connectivity index (χ3v) is 10.1. The van der Waals surface area contributed by atoms with Gasteiger partial charge in [0, 0.05) is 10.8 Å². The molecule has 1 fully saturated rings. The molecule has 1 aliphatic carbocycles. The van der Waals surface area contributed by atoms with Crippen molar-refractivity contribution in [2.75, 3.05) is 0 Å². The molecule has 5 aromatic carbocycles. The van der Waals surface area contributed by atoms with E-state index in [2.05, 4.69) is 135 Å². The molecule has 0 unspecified atom stereocenters. The molecule has 3 heteroatoms. The second-order valence-electron chi connectivity index (χ2n) is 13.8. The Bertz CT molecular complexity index is 2160. The first kappa shape index (κ1) is 28.8. The molecular weight excluding hydrogens is 560 g/mol. The van der Waals surface area contributed by atoms with Gasteiger partial charge >= 0.3 is 0 Å². The Balaban J connectivity index is 1.39. The molecule has 2 heterocycles. The summed E-state index contributed by atoms with van der Waals surface area (Å²) in [5, 5.41) is 2.32. The van der Waals surface area contributed by atoms with Gasteiger partial charge in [-0.1, -0.05) is 114 Å². The zero-order valence-electron chi connectivity index (χ0n) is 27.4. The SMILES string of the molecule is CC(C)c1cc(-c2ccccc2)cc(C(C)C)c1-n1c(-c2cccc3c2oc2cc(C4CCCCC4)ccc23)nc2ccccc21. The first-order chi connectivity index (χ1) is 22.5. The number of benzene rings is 5. The van der Waals surface area contributed by atoms with Crippen molar-refractivity contribution < 1.29 is 4.42 Å². The molecule has 8 rings (SSSR count). The zero-order chi connectivity index (χ0) is 31.4. The van der Waals surface area contributed by atoms with Crippen molar-refractivity contribution in [1.29, 1.82) is 0 Å². The van der Waals surface area contributed by atoms with Gasteiger partial charge in [-0.3, -0.25) is 4.57 Å². The van der Waals surface area contributed by atoms with Crippen LogP contribution in [-0.4, -0.2) is 9.55 Å². The number of aromatic nitrogens is 2. The molecule has 3 nitrogen and oxygen atoms in total. The summed E-state index contributed by atoms with van der Waals surface area (Å²) in [7, 11) is 0. The van der Waals surface area contributed by atoms with Crippen LogP contribution in [0.1, 0.15) is 94.2 Å². The highest BCUT2D eigenvalue weighted by Gasteiger charge is 2.26. The summed E-state index contributed by atoms with van der Waals surface area (Å²) < 4.78 is 9.26. The monoisotopic (exact) mass is 602 g/mol. The van der Waals surface area contributed by atoms with Gasteiger partial charge in [0.1, 0.15) is 17.0 Å². The summed E-state index contributed by atoms with van der Waals surface area (Å²) in [4.78, 5) is 5.36. The van der Waals surface area contributed by atoms with Gasteiger partial charge in [-0.25, -0.2) is 4.98 Å². The number of nitrogens with zero attached hydrogens (tertiary/aromatic N) is 2. The number of rotatable bonds is 6. The Morgan fingerprint density at radius 3 is 2.13 bits per heavy atom. The lowest BCUT2D eigenvalue weighted by Crippen LogP contribution is -2.09. The molecule has 0 amide bonds. The molecule has 0 spiro atoms. The zero-order valence-corrected chi connectivity index (χ0v) is 27.4. The van der Waals surface area contributed by atoms with Crippen molar-refractivity contribution in [2.45, 2.75) is 77.6 Å². The lowest BCUT2D eigenvalue weighted by atomic mass is 9.84. The van der Waals surface area contributed by atoms with Gasteiger partial charge in [0.25, 0.3) is 0 Å². The number of furan rings is 1. The van der Waals surface area contributed by atoms with Gasteiger partial charge < -0.3 is 4.42 Å². The van der Waals surface area contributed by atoms with Gasteiger partial charge in [-0.2, -0.15) is 0 Å². The molecule has 0 atom stereocenters. The molecule has 0 bridgehead atoms. The number of imidazole rings is 1. The Morgan fingerprint density at radius 1 is 0.674 bits per heavy atom. The van der Waals surface area contributed by atoms with E-state index in [0.29, 0.717) is 17.8 Å². The molecule has 0 N–H and O–H groups in total. The molecule has 46 heavy (non-hydrogen) atoms. The van der Waals surface area contributed by atoms with Crippen LogP contribution < -0.4 is 0 Å². The van der Waals surface area contributed by atoms with Crippen molar-refractivity contribution >= 4 is 33.0 Å². The van der Waals surface area contributed by atoms with E-state index in [1.165, 1.54) is 71.0 Å². The van der Waals surface area contributed by atoms with E-state index in [0.717, 1.165) is 39.0 Å². The number of para-hydroxylation sites is 3. The summed E-state index contributed by atoms with van der Waals surface area (Å²) in [5.41, 5.74) is 12.8. The van der Waals surface area contributed by atoms with Crippen LogP contribution in [0.2, 0.25) is 0 Å². The summed E-state index contributed by atoms with van der Waals surface area (Å²) in [6, 6.07) is 37.6. The van der Waals surface area contributed by atoms with Crippen molar-refractivity contribution in [3.63, 3.8) is 0 Å². The molecule has 0 radical (unpaired) electrons. The minimum absolute atomic E-state index is 0.311. The predicted molar refractivity (Wildman–Crippen MR) is 193 cm³/mol. The van der Waals surface area contributed by atoms with E-state index in [-0.39, 0.29) is 0 Å². The van der Waals surface area contributed by atoms with E-state index in [1.807, 2.05) is 0 Å². The topological polar surface area (TPSA) is 31.0 Å². The Hall–Kier alpha value is -4.63. The molecule has 2 aromatic heterocycles. The third-order valence-electron chi connectivity index (χ3n) is 10.1. The number of hydrogen-bond acceptors (Lipinski definition) is 2. The Morgan fingerprint density at radius 2 is 1.39 bits per heavy atom. The van der Waals surface area contributed by atoms with Crippen molar-refractivity contribution in [2.24, 2.45) is 0 Å². The lowest BCUT2D eigenvalue weighted by Gasteiger charge is -2.24. The average molecular weight is 603 g/mol. The standard InChI is InChI=1S/C43H42N2O/c1-27(2)36-24-32(30-16-9-6-10-17-30)25-37(28(3)4)41(36)45-39-21-12-11-20-38(39)44-43(45)35-19-13-18-34-33-23-22-31(26-40(33)46-42(34)35)29-14-7-5-8-15-29/h6,9-13,16-29H,5,7-8,14-15H2,1-4H3. The van der Waals surface area contributed by atoms with Crippen LogP contribution in [0, 0.1) is 0 Å². The Kier molecular flexibility index (Phi) is 7.28. The fraction of sp³-hybridized carbons (Fsp3) is 0.279. The smallest absolute Gasteiger partial charge is 0.149 e. The van der Waals surface area contributed by atoms with Gasteiger partial charge in [-0.05, 0) is 94.8 Å². The van der Waals surface area contributed by atoms with E-state index >= 15 is 0 Å². The minimum atomic E-state index is 0.311. The van der Waals surface area contributed by atoms with Crippen LogP contribution in [0.15, 0.2) is 108 Å². The lowest BCUT2D eigenvalue weighted by molar-refractivity contribution is 0.443. The van der Waals surface area contributed by atoms with Crippen LogP contribution in [0.3, 0.4) is 0 Å². The van der Waals surface area contributed by atoms with E-state index in [1.54, 1.807) is 0 Å². The van der Waals surface area contributed by atoms with Crippen LogP contribution >= 0.6 is 0 Å². The second-order valence-corrected chi connectivity index (χ2v) is 13.8. The Labute approximate surface area is 271 Å². The van der Waals surface area contributed by atoms with Crippen molar-refractivity contribution in [3.8, 4) is 28.2 Å². The fourth-order valence-electron chi connectivity index (χ4n) is 7.73. The summed E-state index contributed by atoms with van der Waals surface area (Å²) in [5.74, 6) is 2.18. The largest absolute Gasteiger partial charge is 0.455 e. The maximum Gasteiger partial charge on any atom is 0.149 e. The maximum absolute atomic E-state index is 6.84. The molecule has 1 aliphatic rings. The second kappa shape index (κ2) is 11.6. The van der Waals surface area contributed by atoms with Crippen molar-refractivity contribution in [1.82, 2.24) is 9.55 Å². The van der Waals surface area contributed by atoms with Gasteiger partial charge in [0.2, 0.25) is 0 Å². The molecule has 230 valence electrons. The number of hydrogen-bond donors (Lipinski definition) is 0. The molecule has 1 saturated carbocycles. The third kappa shape index (κ3) is 4.85. The first-order valence-corrected chi connectivity index (χ1v) is 17.1. The fourth-order valence-corrected chi connectivity index (χ4v) is 7.73. The highest BCUT2D eigenvalue weighted by atomic mass is 16.3. The molecule has 0 aliphatic heterocycles. The van der Waals surface area contributed by atoms with E-state index in [9.17, 15) is 0 Å². The number of fused-ring (bicyclic) bond motifs is 4. The van der Waals surface area contributed by atoms with E-state index in [4.69, 9.17) is 9.40 Å². The molecular formula is C43H42N2O. The normalized spacial score (nSPS) is 14.4. The average Bonchev–Trinajstić information content (AvgIpc) is 3.66. The summed E-state index contributed by atoms with van der Waals surface area (Å²) >= 11 is 0. The summed E-state index contributed by atoms with van der Waals surface area (Å²) in [6.07, 6.45) is 6.57. The quantitative estimate of drug-likeness (QED) is 0.190. The molecule has 7 aromatic rings. The minimum Gasteiger partial charge on any atom is -0.455 e.